The lowest BCUT2D eigenvalue weighted by atomic mass is 10.1. The van der Waals surface area contributed by atoms with Crippen molar-refractivity contribution in [1.29, 1.82) is 0 Å². The summed E-state index contributed by atoms with van der Waals surface area (Å²) in [5, 5.41) is 9.70. The number of likely N-dealkylation sites (N-methyl/N-ethyl adjacent to an activating group) is 2. The monoisotopic (exact) mass is 434 g/mol. The summed E-state index contributed by atoms with van der Waals surface area (Å²) in [6.07, 6.45) is 1.99. The zero-order valence-corrected chi connectivity index (χ0v) is 19.5. The molecule has 0 spiro atoms. The normalized spacial score (nSPS) is 11.6. The molecule has 4 nitrogen and oxygen atoms in total. The van der Waals surface area contributed by atoms with Crippen molar-refractivity contribution in [2.24, 2.45) is 10.2 Å². The minimum absolute atomic E-state index is 0.520. The van der Waals surface area contributed by atoms with Crippen LogP contribution in [0.5, 0.6) is 0 Å². The predicted molar refractivity (Wildman–Crippen MR) is 127 cm³/mol. The summed E-state index contributed by atoms with van der Waals surface area (Å²) in [5.41, 5.74) is 3.61. The first-order chi connectivity index (χ1) is 14.0. The van der Waals surface area contributed by atoms with Crippen LogP contribution < -0.4 is 4.90 Å². The molecule has 0 aliphatic rings. The number of hydrogen-bond acceptors (Lipinski definition) is 4. The molecule has 158 valence electrons. The Balaban J connectivity index is 2.08. The average molecular weight is 435 g/mol. The zero-order valence-electron chi connectivity index (χ0n) is 18.0. The summed E-state index contributed by atoms with van der Waals surface area (Å²) in [5.74, 6) is 0. The Morgan fingerprint density at radius 3 is 1.93 bits per heavy atom. The molecule has 0 saturated heterocycles. The number of anilines is 1. The van der Waals surface area contributed by atoms with Crippen LogP contribution >= 0.6 is 23.2 Å². The van der Waals surface area contributed by atoms with Crippen LogP contribution in [0.25, 0.3) is 0 Å². The van der Waals surface area contributed by atoms with Gasteiger partial charge < -0.3 is 9.80 Å². The van der Waals surface area contributed by atoms with E-state index in [9.17, 15) is 0 Å². The molecule has 0 bridgehead atoms. The molecule has 0 atom stereocenters. The number of hydrogen-bond donors (Lipinski definition) is 0. The SMILES string of the molecule is CCCc1cc(Cl)c(N=Nc2ccc(N(CC)CCN(CC)CC)cc2)c(Cl)c1. The summed E-state index contributed by atoms with van der Waals surface area (Å²) in [6.45, 7) is 13.9. The summed E-state index contributed by atoms with van der Waals surface area (Å²) in [4.78, 5) is 4.81. The van der Waals surface area contributed by atoms with Crippen LogP contribution in [0.15, 0.2) is 46.6 Å². The van der Waals surface area contributed by atoms with Gasteiger partial charge in [0.15, 0.2) is 0 Å². The molecule has 29 heavy (non-hydrogen) atoms. The Hall–Kier alpha value is -1.62. The maximum atomic E-state index is 6.36. The third-order valence-electron chi connectivity index (χ3n) is 5.06. The van der Waals surface area contributed by atoms with Crippen LogP contribution in [0.1, 0.15) is 39.7 Å². The lowest BCUT2D eigenvalue weighted by Gasteiger charge is -2.27. The molecule has 0 fully saturated rings. The second kappa shape index (κ2) is 12.2. The van der Waals surface area contributed by atoms with E-state index in [1.807, 2.05) is 24.3 Å². The van der Waals surface area contributed by atoms with E-state index in [4.69, 9.17) is 23.2 Å². The van der Waals surface area contributed by atoms with Gasteiger partial charge in [0.2, 0.25) is 0 Å². The lowest BCUT2D eigenvalue weighted by Crippen LogP contribution is -2.35. The average Bonchev–Trinajstić information content (AvgIpc) is 2.72. The molecule has 0 heterocycles. The number of azo groups is 1. The van der Waals surface area contributed by atoms with Crippen LogP contribution in [0, 0.1) is 0 Å². The maximum absolute atomic E-state index is 6.36. The minimum Gasteiger partial charge on any atom is -0.371 e. The Labute approximate surface area is 185 Å². The summed E-state index contributed by atoms with van der Waals surface area (Å²) in [6, 6.07) is 12.0. The topological polar surface area (TPSA) is 31.2 Å². The van der Waals surface area contributed by atoms with Crippen molar-refractivity contribution in [2.45, 2.75) is 40.5 Å². The Kier molecular flexibility index (Phi) is 9.92. The van der Waals surface area contributed by atoms with Gasteiger partial charge in [-0.15, -0.1) is 5.11 Å². The van der Waals surface area contributed by atoms with Crippen LogP contribution in [0.2, 0.25) is 10.0 Å². The van der Waals surface area contributed by atoms with Gasteiger partial charge in [0, 0.05) is 25.3 Å². The number of benzene rings is 2. The molecular formula is C23H32Cl2N4. The number of aryl methyl sites for hydroxylation is 1. The highest BCUT2D eigenvalue weighted by atomic mass is 35.5. The van der Waals surface area contributed by atoms with E-state index >= 15 is 0 Å². The van der Waals surface area contributed by atoms with Crippen molar-refractivity contribution in [3.05, 3.63) is 52.0 Å². The van der Waals surface area contributed by atoms with E-state index in [-0.39, 0.29) is 0 Å². The fourth-order valence-corrected chi connectivity index (χ4v) is 3.86. The molecule has 2 rings (SSSR count). The number of rotatable bonds is 11. The van der Waals surface area contributed by atoms with Crippen molar-refractivity contribution < 1.29 is 0 Å². The van der Waals surface area contributed by atoms with Gasteiger partial charge in [0.25, 0.3) is 0 Å². The van der Waals surface area contributed by atoms with Gasteiger partial charge in [-0.05, 0) is 68.4 Å². The standard InChI is InChI=1S/C23H32Cl2N4/c1-5-9-18-16-21(24)23(22(25)17-18)27-26-19-10-12-20(13-11-19)29(8-4)15-14-28(6-2)7-3/h10-13,16-17H,5-9,14-15H2,1-4H3. The largest absolute Gasteiger partial charge is 0.371 e. The van der Waals surface area contributed by atoms with Crippen molar-refractivity contribution in [3.8, 4) is 0 Å². The van der Waals surface area contributed by atoms with E-state index in [2.05, 4.69) is 59.9 Å². The molecule has 0 unspecified atom stereocenters. The molecule has 2 aromatic rings. The molecule has 0 radical (unpaired) electrons. The molecule has 0 aliphatic carbocycles. The van der Waals surface area contributed by atoms with E-state index in [1.54, 1.807) is 0 Å². The molecule has 2 aromatic carbocycles. The predicted octanol–water partition coefficient (Wildman–Crippen LogP) is 7.53. The maximum Gasteiger partial charge on any atom is 0.123 e. The van der Waals surface area contributed by atoms with E-state index in [0.29, 0.717) is 15.7 Å². The van der Waals surface area contributed by atoms with Gasteiger partial charge in [0.05, 0.1) is 15.7 Å². The van der Waals surface area contributed by atoms with Gasteiger partial charge in [-0.3, -0.25) is 0 Å². The second-order valence-electron chi connectivity index (χ2n) is 6.98. The molecule has 6 heteroatoms. The number of halogens is 2. The van der Waals surface area contributed by atoms with Gasteiger partial charge >= 0.3 is 0 Å². The van der Waals surface area contributed by atoms with Crippen LogP contribution in [-0.4, -0.2) is 37.6 Å². The van der Waals surface area contributed by atoms with Crippen LogP contribution in [0.4, 0.5) is 17.1 Å². The Morgan fingerprint density at radius 2 is 1.41 bits per heavy atom. The fraction of sp³-hybridized carbons (Fsp3) is 0.478. The molecule has 0 aliphatic heterocycles. The van der Waals surface area contributed by atoms with Crippen molar-refractivity contribution in [2.75, 3.05) is 37.6 Å². The highest BCUT2D eigenvalue weighted by molar-refractivity contribution is 6.38. The zero-order chi connectivity index (χ0) is 21.2. The summed E-state index contributed by atoms with van der Waals surface area (Å²) in [7, 11) is 0. The van der Waals surface area contributed by atoms with Gasteiger partial charge in [-0.2, -0.15) is 5.11 Å². The summed E-state index contributed by atoms with van der Waals surface area (Å²) < 4.78 is 0. The first-order valence-electron chi connectivity index (χ1n) is 10.5. The minimum atomic E-state index is 0.520. The van der Waals surface area contributed by atoms with Crippen molar-refractivity contribution in [3.63, 3.8) is 0 Å². The third-order valence-corrected chi connectivity index (χ3v) is 5.63. The van der Waals surface area contributed by atoms with Crippen LogP contribution in [0.3, 0.4) is 0 Å². The third kappa shape index (κ3) is 6.98. The first-order valence-corrected chi connectivity index (χ1v) is 11.2. The fourth-order valence-electron chi connectivity index (χ4n) is 3.26. The Morgan fingerprint density at radius 1 is 0.793 bits per heavy atom. The van der Waals surface area contributed by atoms with E-state index in [0.717, 1.165) is 56.8 Å². The Bertz CT molecular complexity index is 763. The molecule has 0 amide bonds. The van der Waals surface area contributed by atoms with Crippen molar-refractivity contribution >= 4 is 40.3 Å². The van der Waals surface area contributed by atoms with Gasteiger partial charge in [0.1, 0.15) is 5.69 Å². The van der Waals surface area contributed by atoms with Gasteiger partial charge in [-0.1, -0.05) is 50.4 Å². The second-order valence-corrected chi connectivity index (χ2v) is 7.80. The van der Waals surface area contributed by atoms with Crippen LogP contribution in [-0.2, 0) is 6.42 Å². The number of nitrogens with zero attached hydrogens (tertiary/aromatic N) is 4. The molecular weight excluding hydrogens is 403 g/mol. The van der Waals surface area contributed by atoms with Gasteiger partial charge in [-0.25, -0.2) is 0 Å². The first kappa shape index (κ1) is 23.7. The van der Waals surface area contributed by atoms with E-state index < -0.39 is 0 Å². The summed E-state index contributed by atoms with van der Waals surface area (Å²) >= 11 is 12.7. The molecule has 0 saturated carbocycles. The highest BCUT2D eigenvalue weighted by Gasteiger charge is 2.09. The highest BCUT2D eigenvalue weighted by Crippen LogP contribution is 2.36. The molecule has 0 aromatic heterocycles. The molecule has 0 N–H and O–H groups in total. The lowest BCUT2D eigenvalue weighted by molar-refractivity contribution is 0.310. The smallest absolute Gasteiger partial charge is 0.123 e. The van der Waals surface area contributed by atoms with Crippen molar-refractivity contribution in [1.82, 2.24) is 4.90 Å². The quantitative estimate of drug-likeness (QED) is 0.342. The van der Waals surface area contributed by atoms with E-state index in [1.165, 1.54) is 5.69 Å².